The number of nitrogens with one attached hydrogen (secondary N) is 1. The fraction of sp³-hybridized carbons (Fsp3) is 0.391. The molecule has 0 radical (unpaired) electrons. The molecule has 1 N–H and O–H groups in total. The van der Waals surface area contributed by atoms with Gasteiger partial charge in [0, 0.05) is 18.3 Å². The molecule has 0 aromatic heterocycles. The Morgan fingerprint density at radius 2 is 1.69 bits per heavy atom. The summed E-state index contributed by atoms with van der Waals surface area (Å²) in [4.78, 5) is 27.2. The van der Waals surface area contributed by atoms with Crippen molar-refractivity contribution < 1.29 is 14.0 Å². The molecule has 2 atom stereocenters. The SMILES string of the molecule is CC[C@H](C)NC(=O)[C@H](C)N(Cc1ccccc1)C(=O)CSCc1ccc(F)cc1. The molecule has 6 heteroatoms. The molecule has 0 aliphatic carbocycles. The summed E-state index contributed by atoms with van der Waals surface area (Å²) in [6.07, 6.45) is 0.832. The Balaban J connectivity index is 2.03. The van der Waals surface area contributed by atoms with E-state index in [-0.39, 0.29) is 29.4 Å². The fourth-order valence-corrected chi connectivity index (χ4v) is 3.62. The number of carbonyl (C=O) groups excluding carboxylic acids is 2. The fourth-order valence-electron chi connectivity index (χ4n) is 2.75. The molecule has 0 bridgehead atoms. The molecule has 0 saturated heterocycles. The van der Waals surface area contributed by atoms with E-state index in [1.54, 1.807) is 24.0 Å². The van der Waals surface area contributed by atoms with Gasteiger partial charge in [-0.15, -0.1) is 11.8 Å². The van der Waals surface area contributed by atoms with Gasteiger partial charge in [0.25, 0.3) is 0 Å². The molecule has 0 spiro atoms. The van der Waals surface area contributed by atoms with Crippen LogP contribution < -0.4 is 5.32 Å². The number of halogens is 1. The van der Waals surface area contributed by atoms with Gasteiger partial charge in [-0.1, -0.05) is 49.4 Å². The van der Waals surface area contributed by atoms with Gasteiger partial charge in [0.2, 0.25) is 11.8 Å². The van der Waals surface area contributed by atoms with Crippen molar-refractivity contribution in [2.75, 3.05) is 5.75 Å². The minimum absolute atomic E-state index is 0.0616. The van der Waals surface area contributed by atoms with Gasteiger partial charge in [-0.25, -0.2) is 4.39 Å². The second-order valence-electron chi connectivity index (χ2n) is 7.12. The summed E-state index contributed by atoms with van der Waals surface area (Å²) in [5, 5.41) is 2.96. The van der Waals surface area contributed by atoms with Gasteiger partial charge in [0.1, 0.15) is 11.9 Å². The summed E-state index contributed by atoms with van der Waals surface area (Å²) in [6.45, 7) is 6.11. The van der Waals surface area contributed by atoms with Crippen molar-refractivity contribution in [2.24, 2.45) is 0 Å². The van der Waals surface area contributed by atoms with E-state index in [1.807, 2.05) is 44.2 Å². The zero-order valence-corrected chi connectivity index (χ0v) is 18.0. The van der Waals surface area contributed by atoms with Crippen molar-refractivity contribution in [3.63, 3.8) is 0 Å². The van der Waals surface area contributed by atoms with Crippen molar-refractivity contribution in [1.82, 2.24) is 10.2 Å². The summed E-state index contributed by atoms with van der Waals surface area (Å²) in [5.41, 5.74) is 1.94. The molecule has 0 aliphatic heterocycles. The van der Waals surface area contributed by atoms with E-state index in [1.165, 1.54) is 23.9 Å². The Labute approximate surface area is 176 Å². The normalized spacial score (nSPS) is 12.8. The van der Waals surface area contributed by atoms with E-state index in [9.17, 15) is 14.0 Å². The van der Waals surface area contributed by atoms with Crippen LogP contribution in [0.3, 0.4) is 0 Å². The second-order valence-corrected chi connectivity index (χ2v) is 8.11. The minimum atomic E-state index is -0.567. The number of nitrogens with zero attached hydrogens (tertiary/aromatic N) is 1. The number of rotatable bonds is 10. The van der Waals surface area contributed by atoms with E-state index >= 15 is 0 Å². The molecule has 29 heavy (non-hydrogen) atoms. The van der Waals surface area contributed by atoms with Gasteiger partial charge in [-0.2, -0.15) is 0 Å². The summed E-state index contributed by atoms with van der Waals surface area (Å²) in [6, 6.07) is 15.4. The first-order valence-corrected chi connectivity index (χ1v) is 11.0. The number of amides is 2. The molecule has 2 aromatic carbocycles. The molecule has 4 nitrogen and oxygen atoms in total. The van der Waals surface area contributed by atoms with Gasteiger partial charge >= 0.3 is 0 Å². The zero-order valence-electron chi connectivity index (χ0n) is 17.2. The smallest absolute Gasteiger partial charge is 0.242 e. The molecule has 2 aromatic rings. The molecule has 2 amide bonds. The molecule has 0 aliphatic rings. The minimum Gasteiger partial charge on any atom is -0.352 e. The second kappa shape index (κ2) is 11.6. The maximum absolute atomic E-state index is 13.0. The average molecular weight is 417 g/mol. The lowest BCUT2D eigenvalue weighted by Crippen LogP contribution is -2.50. The highest BCUT2D eigenvalue weighted by Gasteiger charge is 2.26. The maximum atomic E-state index is 13.0. The molecule has 0 unspecified atom stereocenters. The lowest BCUT2D eigenvalue weighted by atomic mass is 10.1. The third-order valence-corrected chi connectivity index (χ3v) is 5.76. The molecular weight excluding hydrogens is 387 g/mol. The number of thioether (sulfide) groups is 1. The van der Waals surface area contributed by atoms with Crippen LogP contribution in [0, 0.1) is 5.82 Å². The molecule has 156 valence electrons. The van der Waals surface area contributed by atoms with Crippen molar-refractivity contribution in [2.45, 2.75) is 51.6 Å². The largest absolute Gasteiger partial charge is 0.352 e. The molecule has 0 heterocycles. The van der Waals surface area contributed by atoms with Crippen LogP contribution in [0.1, 0.15) is 38.3 Å². The predicted molar refractivity (Wildman–Crippen MR) is 117 cm³/mol. The number of hydrogen-bond acceptors (Lipinski definition) is 3. The number of benzene rings is 2. The third kappa shape index (κ3) is 7.54. The van der Waals surface area contributed by atoms with Gasteiger partial charge < -0.3 is 10.2 Å². The van der Waals surface area contributed by atoms with E-state index in [4.69, 9.17) is 0 Å². The van der Waals surface area contributed by atoms with Crippen molar-refractivity contribution >= 4 is 23.6 Å². The van der Waals surface area contributed by atoms with Gasteiger partial charge in [-0.3, -0.25) is 9.59 Å². The molecule has 2 rings (SSSR count). The first-order valence-electron chi connectivity index (χ1n) is 9.86. The first-order chi connectivity index (χ1) is 13.9. The van der Waals surface area contributed by atoms with E-state index in [2.05, 4.69) is 5.32 Å². The Morgan fingerprint density at radius 3 is 2.31 bits per heavy atom. The Bertz CT molecular complexity index is 783. The molecule has 0 fully saturated rings. The van der Waals surface area contributed by atoms with Crippen molar-refractivity contribution in [3.05, 3.63) is 71.5 Å². The quantitative estimate of drug-likeness (QED) is 0.625. The zero-order chi connectivity index (χ0) is 21.2. The van der Waals surface area contributed by atoms with E-state index in [0.717, 1.165) is 17.5 Å². The number of hydrogen-bond donors (Lipinski definition) is 1. The van der Waals surface area contributed by atoms with Crippen LogP contribution >= 0.6 is 11.8 Å². The van der Waals surface area contributed by atoms with Crippen LogP contribution in [-0.2, 0) is 21.9 Å². The highest BCUT2D eigenvalue weighted by molar-refractivity contribution is 7.99. The summed E-state index contributed by atoms with van der Waals surface area (Å²) >= 11 is 1.46. The molecule has 0 saturated carbocycles. The van der Waals surface area contributed by atoms with Crippen molar-refractivity contribution in [3.8, 4) is 0 Å². The standard InChI is InChI=1S/C23H29FN2O2S/c1-4-17(2)25-23(28)18(3)26(14-19-8-6-5-7-9-19)22(27)16-29-15-20-10-12-21(24)13-11-20/h5-13,17-18H,4,14-16H2,1-3H3,(H,25,28)/t17-,18-/m0/s1. The van der Waals surface area contributed by atoms with Gasteiger partial charge in [0.15, 0.2) is 0 Å². The van der Waals surface area contributed by atoms with Crippen LogP contribution in [-0.4, -0.2) is 34.6 Å². The average Bonchev–Trinajstić information content (AvgIpc) is 2.73. The maximum Gasteiger partial charge on any atom is 0.242 e. The Morgan fingerprint density at radius 1 is 1.03 bits per heavy atom. The summed E-state index contributed by atoms with van der Waals surface area (Å²) < 4.78 is 13.0. The lowest BCUT2D eigenvalue weighted by molar-refractivity contribution is -0.138. The van der Waals surface area contributed by atoms with Crippen molar-refractivity contribution in [1.29, 1.82) is 0 Å². The third-order valence-electron chi connectivity index (χ3n) is 4.77. The van der Waals surface area contributed by atoms with Gasteiger partial charge in [0.05, 0.1) is 5.75 Å². The Hall–Kier alpha value is -2.34. The van der Waals surface area contributed by atoms with Crippen LogP contribution in [0.5, 0.6) is 0 Å². The van der Waals surface area contributed by atoms with Crippen LogP contribution in [0.4, 0.5) is 4.39 Å². The van der Waals surface area contributed by atoms with Crippen LogP contribution in [0.15, 0.2) is 54.6 Å². The van der Waals surface area contributed by atoms with Gasteiger partial charge in [-0.05, 0) is 43.5 Å². The van der Waals surface area contributed by atoms with Crippen LogP contribution in [0.2, 0.25) is 0 Å². The highest BCUT2D eigenvalue weighted by Crippen LogP contribution is 2.16. The number of carbonyl (C=O) groups is 2. The van der Waals surface area contributed by atoms with E-state index < -0.39 is 6.04 Å². The lowest BCUT2D eigenvalue weighted by Gasteiger charge is -2.29. The Kier molecular flexibility index (Phi) is 9.19. The topological polar surface area (TPSA) is 49.4 Å². The summed E-state index contributed by atoms with van der Waals surface area (Å²) in [5.74, 6) is 0.356. The molecular formula is C23H29FN2O2S. The highest BCUT2D eigenvalue weighted by atomic mass is 32.2. The predicted octanol–water partition coefficient (Wildman–Crippen LogP) is 4.39. The van der Waals surface area contributed by atoms with E-state index in [0.29, 0.717) is 12.3 Å². The van der Waals surface area contributed by atoms with Crippen LogP contribution in [0.25, 0.3) is 0 Å². The first kappa shape index (κ1) is 22.9. The summed E-state index contributed by atoms with van der Waals surface area (Å²) in [7, 11) is 0. The monoisotopic (exact) mass is 416 g/mol.